The third-order valence-corrected chi connectivity index (χ3v) is 4.79. The van der Waals surface area contributed by atoms with Gasteiger partial charge in [-0.05, 0) is 24.3 Å². The number of hydrogen-bond acceptors (Lipinski definition) is 3. The number of carbonyl (C=O) groups is 1. The molecule has 5 nitrogen and oxygen atoms in total. The molecule has 1 amide bonds. The molecule has 0 bridgehead atoms. The van der Waals surface area contributed by atoms with E-state index in [1.165, 1.54) is 0 Å². The molecule has 5 heteroatoms. The molecule has 1 aliphatic rings. The van der Waals surface area contributed by atoms with Gasteiger partial charge in [-0.25, -0.2) is 4.68 Å². The number of benzene rings is 3. The van der Waals surface area contributed by atoms with Gasteiger partial charge in [0.2, 0.25) is 0 Å². The van der Waals surface area contributed by atoms with Crippen LogP contribution in [0.3, 0.4) is 0 Å². The Hall–Kier alpha value is -3.73. The van der Waals surface area contributed by atoms with Crippen molar-refractivity contribution in [1.82, 2.24) is 15.0 Å². The Bertz CT molecular complexity index is 1120. The predicted molar refractivity (Wildman–Crippen MR) is 104 cm³/mol. The van der Waals surface area contributed by atoms with Gasteiger partial charge in [0.05, 0.1) is 23.5 Å². The third-order valence-electron chi connectivity index (χ3n) is 4.79. The minimum atomic E-state index is -0.0405. The van der Waals surface area contributed by atoms with Crippen molar-refractivity contribution in [2.75, 3.05) is 4.90 Å². The van der Waals surface area contributed by atoms with Crippen molar-refractivity contribution >= 4 is 11.6 Å². The summed E-state index contributed by atoms with van der Waals surface area (Å²) in [7, 11) is 0. The summed E-state index contributed by atoms with van der Waals surface area (Å²) < 4.78 is 1.79. The van der Waals surface area contributed by atoms with E-state index in [2.05, 4.69) is 10.3 Å². The quantitative estimate of drug-likeness (QED) is 0.546. The summed E-state index contributed by atoms with van der Waals surface area (Å²) in [4.78, 5) is 15.1. The zero-order chi connectivity index (χ0) is 18.2. The number of para-hydroxylation sites is 2. The van der Waals surface area contributed by atoms with Gasteiger partial charge in [0.1, 0.15) is 5.69 Å². The molecular weight excluding hydrogens is 336 g/mol. The second-order valence-corrected chi connectivity index (χ2v) is 6.41. The van der Waals surface area contributed by atoms with Gasteiger partial charge in [-0.15, -0.1) is 5.10 Å². The summed E-state index contributed by atoms with van der Waals surface area (Å²) in [5, 5.41) is 8.82. The topological polar surface area (TPSA) is 51.0 Å². The first-order valence-electron chi connectivity index (χ1n) is 8.79. The lowest BCUT2D eigenvalue weighted by Gasteiger charge is -2.21. The Morgan fingerprint density at radius 3 is 2.22 bits per heavy atom. The van der Waals surface area contributed by atoms with Crippen LogP contribution in [0.1, 0.15) is 16.1 Å². The van der Waals surface area contributed by atoms with Gasteiger partial charge in [0.25, 0.3) is 5.91 Å². The standard InChI is InChI=1S/C22H16N4O/c27-22-18-13-7-8-14-19(18)26-20(15-25(22)17-11-5-2-6-12-17)21(23-24-26)16-9-3-1-4-10-16/h1-14H,15H2. The van der Waals surface area contributed by atoms with Crippen molar-refractivity contribution in [3.63, 3.8) is 0 Å². The van der Waals surface area contributed by atoms with Crippen molar-refractivity contribution in [2.45, 2.75) is 6.54 Å². The second-order valence-electron chi connectivity index (χ2n) is 6.41. The summed E-state index contributed by atoms with van der Waals surface area (Å²) >= 11 is 0. The van der Waals surface area contributed by atoms with Gasteiger partial charge in [-0.1, -0.05) is 65.9 Å². The van der Waals surface area contributed by atoms with E-state index in [9.17, 15) is 4.79 Å². The molecule has 1 aromatic heterocycles. The summed E-state index contributed by atoms with van der Waals surface area (Å²) in [5.74, 6) is -0.0405. The molecule has 0 spiro atoms. The average molecular weight is 352 g/mol. The van der Waals surface area contributed by atoms with Crippen LogP contribution >= 0.6 is 0 Å². The Morgan fingerprint density at radius 1 is 0.778 bits per heavy atom. The molecule has 130 valence electrons. The van der Waals surface area contributed by atoms with Crippen LogP contribution in [0.2, 0.25) is 0 Å². The summed E-state index contributed by atoms with van der Waals surface area (Å²) in [6, 6.07) is 27.2. The molecule has 0 atom stereocenters. The van der Waals surface area contributed by atoms with Crippen molar-refractivity contribution in [3.8, 4) is 16.9 Å². The lowest BCUT2D eigenvalue weighted by Crippen LogP contribution is -2.29. The number of rotatable bonds is 2. The zero-order valence-corrected chi connectivity index (χ0v) is 14.5. The first kappa shape index (κ1) is 15.5. The van der Waals surface area contributed by atoms with Crippen LogP contribution in [0.5, 0.6) is 0 Å². The highest BCUT2D eigenvalue weighted by atomic mass is 16.2. The van der Waals surface area contributed by atoms with Gasteiger partial charge >= 0.3 is 0 Å². The zero-order valence-electron chi connectivity index (χ0n) is 14.5. The van der Waals surface area contributed by atoms with Gasteiger partial charge in [0, 0.05) is 11.3 Å². The summed E-state index contributed by atoms with van der Waals surface area (Å²) in [6.07, 6.45) is 0. The number of amides is 1. The Labute approximate surface area is 156 Å². The van der Waals surface area contributed by atoms with E-state index in [1.54, 1.807) is 9.58 Å². The van der Waals surface area contributed by atoms with Crippen LogP contribution in [0.15, 0.2) is 84.9 Å². The normalized spacial score (nSPS) is 13.0. The molecular formula is C22H16N4O. The molecule has 0 saturated heterocycles. The molecule has 27 heavy (non-hydrogen) atoms. The second kappa shape index (κ2) is 6.21. The van der Waals surface area contributed by atoms with Crippen molar-refractivity contribution in [3.05, 3.63) is 96.2 Å². The maximum Gasteiger partial charge on any atom is 0.260 e. The van der Waals surface area contributed by atoms with Crippen molar-refractivity contribution < 1.29 is 4.79 Å². The fraction of sp³-hybridized carbons (Fsp3) is 0.0455. The fourth-order valence-corrected chi connectivity index (χ4v) is 3.48. The molecule has 1 aliphatic heterocycles. The van der Waals surface area contributed by atoms with E-state index in [4.69, 9.17) is 0 Å². The number of hydrogen-bond donors (Lipinski definition) is 0. The Kier molecular flexibility index (Phi) is 3.57. The summed E-state index contributed by atoms with van der Waals surface area (Å²) in [6.45, 7) is 0.398. The fourth-order valence-electron chi connectivity index (χ4n) is 3.48. The van der Waals surface area contributed by atoms with E-state index in [0.717, 1.165) is 28.3 Å². The van der Waals surface area contributed by atoms with Gasteiger partial charge < -0.3 is 4.90 Å². The molecule has 0 radical (unpaired) electrons. The highest BCUT2D eigenvalue weighted by Gasteiger charge is 2.30. The lowest BCUT2D eigenvalue weighted by atomic mass is 10.1. The van der Waals surface area contributed by atoms with E-state index in [1.807, 2.05) is 84.9 Å². The van der Waals surface area contributed by atoms with E-state index >= 15 is 0 Å². The largest absolute Gasteiger partial charge is 0.302 e. The van der Waals surface area contributed by atoms with E-state index in [0.29, 0.717) is 12.1 Å². The maximum absolute atomic E-state index is 13.3. The first-order valence-corrected chi connectivity index (χ1v) is 8.79. The van der Waals surface area contributed by atoms with Crippen LogP contribution in [-0.4, -0.2) is 20.9 Å². The molecule has 0 saturated carbocycles. The Balaban J connectivity index is 1.75. The highest BCUT2D eigenvalue weighted by Crippen LogP contribution is 2.31. The van der Waals surface area contributed by atoms with E-state index < -0.39 is 0 Å². The van der Waals surface area contributed by atoms with Crippen molar-refractivity contribution in [2.24, 2.45) is 0 Å². The van der Waals surface area contributed by atoms with Gasteiger partial charge in [0.15, 0.2) is 0 Å². The van der Waals surface area contributed by atoms with Crippen LogP contribution < -0.4 is 4.90 Å². The van der Waals surface area contributed by atoms with Crippen molar-refractivity contribution in [1.29, 1.82) is 0 Å². The molecule has 3 aromatic carbocycles. The SMILES string of the molecule is O=C1c2ccccc2-n2nnc(-c3ccccc3)c2CN1c1ccccc1. The lowest BCUT2D eigenvalue weighted by molar-refractivity contribution is 0.0986. The number of anilines is 1. The number of carbonyl (C=O) groups excluding carboxylic acids is 1. The highest BCUT2D eigenvalue weighted by molar-refractivity contribution is 6.09. The van der Waals surface area contributed by atoms with Crippen LogP contribution in [0.25, 0.3) is 16.9 Å². The number of aromatic nitrogens is 3. The average Bonchev–Trinajstić information content (AvgIpc) is 3.11. The van der Waals surface area contributed by atoms with Crippen LogP contribution in [0, 0.1) is 0 Å². The monoisotopic (exact) mass is 352 g/mol. The van der Waals surface area contributed by atoms with Crippen LogP contribution in [0.4, 0.5) is 5.69 Å². The molecule has 4 aromatic rings. The molecule has 0 N–H and O–H groups in total. The number of fused-ring (bicyclic) bond motifs is 3. The summed E-state index contributed by atoms with van der Waals surface area (Å²) in [5.41, 5.74) is 4.89. The third kappa shape index (κ3) is 2.52. The maximum atomic E-state index is 13.3. The Morgan fingerprint density at radius 2 is 1.44 bits per heavy atom. The minimum absolute atomic E-state index is 0.0405. The van der Waals surface area contributed by atoms with E-state index in [-0.39, 0.29) is 5.91 Å². The predicted octanol–water partition coefficient (Wildman–Crippen LogP) is 4.09. The molecule has 0 fully saturated rings. The molecule has 0 aliphatic carbocycles. The van der Waals surface area contributed by atoms with Gasteiger partial charge in [-0.3, -0.25) is 4.79 Å². The van der Waals surface area contributed by atoms with Crippen LogP contribution in [-0.2, 0) is 6.54 Å². The van der Waals surface area contributed by atoms with Gasteiger partial charge in [-0.2, -0.15) is 0 Å². The molecule has 2 heterocycles. The minimum Gasteiger partial charge on any atom is -0.302 e. The first-order chi connectivity index (χ1) is 13.3. The molecule has 0 unspecified atom stereocenters. The molecule has 5 rings (SSSR count). The number of nitrogens with zero attached hydrogens (tertiary/aromatic N) is 4. The smallest absolute Gasteiger partial charge is 0.260 e.